The molecule has 9 heteroatoms. The second-order valence-corrected chi connectivity index (χ2v) is 9.51. The summed E-state index contributed by atoms with van der Waals surface area (Å²) in [4.78, 5) is 54.2. The highest BCUT2D eigenvalue weighted by Gasteiger charge is 2.37. The molecule has 2 aromatic rings. The van der Waals surface area contributed by atoms with Crippen molar-refractivity contribution < 1.29 is 24.4 Å². The molecule has 1 saturated carbocycles. The molecule has 0 bridgehead atoms. The van der Waals surface area contributed by atoms with E-state index in [0.29, 0.717) is 28.9 Å². The first-order chi connectivity index (χ1) is 16.6. The molecule has 1 fully saturated rings. The predicted octanol–water partition coefficient (Wildman–Crippen LogP) is 4.94. The molecule has 1 aliphatic carbocycles. The summed E-state index contributed by atoms with van der Waals surface area (Å²) in [7, 11) is 0. The molecule has 0 unspecified atom stereocenters. The molecule has 9 nitrogen and oxygen atoms in total. The van der Waals surface area contributed by atoms with Crippen LogP contribution in [0.25, 0.3) is 0 Å². The van der Waals surface area contributed by atoms with Gasteiger partial charge in [-0.05, 0) is 42.5 Å². The zero-order chi connectivity index (χ0) is 25.3. The van der Waals surface area contributed by atoms with Crippen molar-refractivity contribution in [2.45, 2.75) is 39.5 Å². The maximum Gasteiger partial charge on any atom is 0.269 e. The van der Waals surface area contributed by atoms with E-state index in [0.717, 1.165) is 4.90 Å². The number of ketones is 1. The van der Waals surface area contributed by atoms with Gasteiger partial charge in [-0.3, -0.25) is 34.4 Å². The van der Waals surface area contributed by atoms with Crippen LogP contribution in [0.3, 0.4) is 0 Å². The summed E-state index contributed by atoms with van der Waals surface area (Å²) in [5.74, 6) is -1.11. The third-order valence-corrected chi connectivity index (χ3v) is 6.14. The summed E-state index contributed by atoms with van der Waals surface area (Å²) in [5.41, 5.74) is 1.29. The van der Waals surface area contributed by atoms with Gasteiger partial charge in [0, 0.05) is 31.5 Å². The molecule has 1 aliphatic heterocycles. The molecule has 0 spiro atoms. The number of benzene rings is 2. The van der Waals surface area contributed by atoms with Gasteiger partial charge in [0.25, 0.3) is 17.5 Å². The molecule has 4 rings (SSSR count). The molecule has 0 aromatic heterocycles. The zero-order valence-corrected chi connectivity index (χ0v) is 19.5. The summed E-state index contributed by atoms with van der Waals surface area (Å²) < 4.78 is 0. The number of nitro benzene ring substituents is 1. The second kappa shape index (κ2) is 9.25. The van der Waals surface area contributed by atoms with Gasteiger partial charge in [0.15, 0.2) is 5.78 Å². The Morgan fingerprint density at radius 3 is 2.20 bits per heavy atom. The Morgan fingerprint density at radius 1 is 1.03 bits per heavy atom. The highest BCUT2D eigenvalue weighted by atomic mass is 16.6. The fraction of sp³-hybridized carbons (Fsp3) is 0.308. The lowest BCUT2D eigenvalue weighted by atomic mass is 9.73. The van der Waals surface area contributed by atoms with Crippen molar-refractivity contribution in [3.05, 3.63) is 81.1 Å². The topological polar surface area (TPSA) is 130 Å². The average Bonchev–Trinajstić information content (AvgIpc) is 3.03. The Labute approximate surface area is 201 Å². The summed E-state index contributed by atoms with van der Waals surface area (Å²) in [6.07, 6.45) is 1.05. The number of carbonyl (C=O) groups is 3. The highest BCUT2D eigenvalue weighted by Crippen LogP contribution is 2.37. The van der Waals surface area contributed by atoms with Crippen LogP contribution in [0.1, 0.15) is 60.2 Å². The largest absolute Gasteiger partial charge is 0.511 e. The summed E-state index contributed by atoms with van der Waals surface area (Å²) >= 11 is 0. The van der Waals surface area contributed by atoms with E-state index >= 15 is 0 Å². The number of non-ortho nitro benzene ring substituents is 1. The van der Waals surface area contributed by atoms with Crippen LogP contribution in [0.4, 0.5) is 11.4 Å². The zero-order valence-electron chi connectivity index (χ0n) is 19.5. The van der Waals surface area contributed by atoms with Crippen LogP contribution in [0.2, 0.25) is 0 Å². The molecular weight excluding hydrogens is 450 g/mol. The molecule has 0 radical (unpaired) electrons. The minimum absolute atomic E-state index is 0.0687. The van der Waals surface area contributed by atoms with E-state index in [1.165, 1.54) is 24.3 Å². The SMILES string of the molecule is CC1(C)CC(=O)/C(=C(\O)CCCN2C(=O)c3ccccc3C2=O)C(=Nc2ccc([N+](=O)[O-])cc2)C1. The Hall–Kier alpha value is -4.14. The van der Waals surface area contributed by atoms with Crippen LogP contribution >= 0.6 is 0 Å². The maximum absolute atomic E-state index is 13.0. The Morgan fingerprint density at radius 2 is 1.63 bits per heavy atom. The number of allylic oxidation sites excluding steroid dienone is 2. The van der Waals surface area contributed by atoms with Gasteiger partial charge in [-0.1, -0.05) is 26.0 Å². The van der Waals surface area contributed by atoms with Gasteiger partial charge in [0.1, 0.15) is 5.76 Å². The number of hydrogen-bond acceptors (Lipinski definition) is 7. The fourth-order valence-corrected chi connectivity index (χ4v) is 4.49. The van der Waals surface area contributed by atoms with Crippen molar-refractivity contribution in [1.82, 2.24) is 4.90 Å². The van der Waals surface area contributed by atoms with Gasteiger partial charge in [-0.2, -0.15) is 0 Å². The lowest BCUT2D eigenvalue weighted by molar-refractivity contribution is -0.384. The molecule has 0 saturated heterocycles. The Bertz CT molecular complexity index is 1260. The number of hydrogen-bond donors (Lipinski definition) is 1. The highest BCUT2D eigenvalue weighted by molar-refractivity contribution is 6.25. The smallest absolute Gasteiger partial charge is 0.269 e. The average molecular weight is 476 g/mol. The van der Waals surface area contributed by atoms with E-state index in [1.54, 1.807) is 24.3 Å². The second-order valence-electron chi connectivity index (χ2n) is 9.51. The third-order valence-electron chi connectivity index (χ3n) is 6.14. The van der Waals surface area contributed by atoms with Gasteiger partial charge >= 0.3 is 0 Å². The van der Waals surface area contributed by atoms with Gasteiger partial charge < -0.3 is 5.11 Å². The number of imide groups is 1. The van der Waals surface area contributed by atoms with Crippen molar-refractivity contribution >= 4 is 34.7 Å². The number of carbonyl (C=O) groups excluding carboxylic acids is 3. The van der Waals surface area contributed by atoms with Crippen LogP contribution < -0.4 is 0 Å². The molecule has 2 aliphatic rings. The summed E-state index contributed by atoms with van der Waals surface area (Å²) in [5, 5.41) is 21.8. The van der Waals surface area contributed by atoms with Gasteiger partial charge in [0.05, 0.1) is 33.0 Å². The minimum atomic E-state index is -0.504. The van der Waals surface area contributed by atoms with E-state index in [9.17, 15) is 29.6 Å². The first-order valence-electron chi connectivity index (χ1n) is 11.3. The number of nitro groups is 1. The number of amides is 2. The van der Waals surface area contributed by atoms with Crippen molar-refractivity contribution in [3.8, 4) is 0 Å². The van der Waals surface area contributed by atoms with Crippen LogP contribution in [-0.2, 0) is 4.79 Å². The number of aliphatic hydroxyl groups excluding tert-OH is 1. The van der Waals surface area contributed by atoms with E-state index in [1.807, 2.05) is 13.8 Å². The van der Waals surface area contributed by atoms with E-state index in [-0.39, 0.29) is 65.8 Å². The van der Waals surface area contributed by atoms with Crippen molar-refractivity contribution in [3.63, 3.8) is 0 Å². The van der Waals surface area contributed by atoms with Crippen molar-refractivity contribution in [1.29, 1.82) is 0 Å². The summed E-state index contributed by atoms with van der Waals surface area (Å²) in [6, 6.07) is 12.3. The van der Waals surface area contributed by atoms with Crippen LogP contribution in [-0.4, -0.2) is 44.8 Å². The standard InChI is InChI=1S/C26H25N3O6/c1-26(2)14-20(27-16-9-11-17(12-10-16)29(34)35)23(22(31)15-26)21(30)8-5-13-28-24(32)18-6-3-4-7-19(18)25(28)33/h3-4,6-7,9-12,30H,5,8,13-15H2,1-2H3/b23-21-,27-20?. The molecule has 2 amide bonds. The number of nitrogens with zero attached hydrogens (tertiary/aromatic N) is 3. The predicted molar refractivity (Wildman–Crippen MR) is 129 cm³/mol. The fourth-order valence-electron chi connectivity index (χ4n) is 4.49. The number of aliphatic hydroxyl groups is 1. The Balaban J connectivity index is 1.54. The summed E-state index contributed by atoms with van der Waals surface area (Å²) in [6.45, 7) is 3.98. The van der Waals surface area contributed by atoms with E-state index < -0.39 is 4.92 Å². The minimum Gasteiger partial charge on any atom is -0.511 e. The molecule has 1 N–H and O–H groups in total. The third kappa shape index (κ3) is 4.89. The number of Topliss-reactive ketones (excluding diaryl/α,β-unsaturated/α-hetero) is 1. The van der Waals surface area contributed by atoms with Gasteiger partial charge in [0.2, 0.25) is 0 Å². The molecule has 180 valence electrons. The normalized spacial score (nSPS) is 19.8. The lowest BCUT2D eigenvalue weighted by Gasteiger charge is -2.31. The van der Waals surface area contributed by atoms with E-state index in [4.69, 9.17) is 0 Å². The molecule has 2 aromatic carbocycles. The van der Waals surface area contributed by atoms with Crippen molar-refractivity contribution in [2.24, 2.45) is 10.4 Å². The first-order valence-corrected chi connectivity index (χ1v) is 11.3. The Kier molecular flexibility index (Phi) is 6.34. The monoisotopic (exact) mass is 475 g/mol. The molecule has 35 heavy (non-hydrogen) atoms. The van der Waals surface area contributed by atoms with Crippen LogP contribution in [0.5, 0.6) is 0 Å². The van der Waals surface area contributed by atoms with Gasteiger partial charge in [-0.25, -0.2) is 0 Å². The number of aliphatic imine (C=N–C) groups is 1. The van der Waals surface area contributed by atoms with Crippen molar-refractivity contribution in [2.75, 3.05) is 6.54 Å². The first kappa shape index (κ1) is 24.0. The molecular formula is C26H25N3O6. The van der Waals surface area contributed by atoms with Crippen LogP contribution in [0, 0.1) is 15.5 Å². The molecule has 1 heterocycles. The van der Waals surface area contributed by atoms with Gasteiger partial charge in [-0.15, -0.1) is 0 Å². The molecule has 0 atom stereocenters. The maximum atomic E-state index is 13.0. The van der Waals surface area contributed by atoms with E-state index in [2.05, 4.69) is 4.99 Å². The lowest BCUT2D eigenvalue weighted by Crippen LogP contribution is -2.33. The number of fused-ring (bicyclic) bond motifs is 1. The van der Waals surface area contributed by atoms with Crippen LogP contribution in [0.15, 0.2) is 64.9 Å². The number of rotatable bonds is 6. The quantitative estimate of drug-likeness (QED) is 0.207.